The Labute approximate surface area is 160 Å². The molecule has 1 aromatic carbocycles. The Morgan fingerprint density at radius 1 is 1.00 bits per heavy atom. The van der Waals surface area contributed by atoms with E-state index in [9.17, 15) is 4.79 Å². The fourth-order valence-corrected chi connectivity index (χ4v) is 3.26. The number of hydrogen-bond donors (Lipinski definition) is 3. The van der Waals surface area contributed by atoms with E-state index in [0.717, 1.165) is 16.1 Å². The van der Waals surface area contributed by atoms with Crippen LogP contribution in [0.25, 0.3) is 10.6 Å². The van der Waals surface area contributed by atoms with Gasteiger partial charge in [-0.15, -0.1) is 11.3 Å². The van der Waals surface area contributed by atoms with E-state index >= 15 is 0 Å². The summed E-state index contributed by atoms with van der Waals surface area (Å²) in [6, 6.07) is 21.1. The van der Waals surface area contributed by atoms with Gasteiger partial charge in [-0.2, -0.15) is 5.10 Å². The monoisotopic (exact) mass is 375 g/mol. The smallest absolute Gasteiger partial charge is 0.275 e. The van der Waals surface area contributed by atoms with Crippen molar-refractivity contribution >= 4 is 28.9 Å². The van der Waals surface area contributed by atoms with Crippen molar-refractivity contribution in [2.75, 3.05) is 10.6 Å². The molecule has 0 fully saturated rings. The molecule has 0 atom stereocenters. The van der Waals surface area contributed by atoms with Crippen LogP contribution in [-0.4, -0.2) is 21.1 Å². The second-order valence-electron chi connectivity index (χ2n) is 5.85. The summed E-state index contributed by atoms with van der Waals surface area (Å²) in [6.07, 6.45) is 0. The van der Waals surface area contributed by atoms with E-state index in [1.807, 2.05) is 53.9 Å². The number of benzene rings is 1. The molecule has 3 N–H and O–H groups in total. The molecule has 0 bridgehead atoms. The molecule has 27 heavy (non-hydrogen) atoms. The minimum atomic E-state index is -0.303. The molecule has 1 amide bonds. The van der Waals surface area contributed by atoms with Crippen molar-refractivity contribution in [3.05, 3.63) is 83.4 Å². The van der Waals surface area contributed by atoms with Crippen LogP contribution in [0.2, 0.25) is 0 Å². The van der Waals surface area contributed by atoms with Gasteiger partial charge < -0.3 is 10.6 Å². The largest absolute Gasteiger partial charge is 0.366 e. The molecule has 3 aromatic heterocycles. The molecule has 0 spiro atoms. The molecule has 134 valence electrons. The van der Waals surface area contributed by atoms with Crippen molar-refractivity contribution in [1.82, 2.24) is 15.2 Å². The molecule has 0 aliphatic rings. The number of anilines is 2. The van der Waals surface area contributed by atoms with Gasteiger partial charge in [0.05, 0.1) is 10.6 Å². The van der Waals surface area contributed by atoms with Crippen molar-refractivity contribution in [2.45, 2.75) is 6.54 Å². The Bertz CT molecular complexity index is 1030. The maximum absolute atomic E-state index is 12.5. The molecule has 4 aromatic rings. The number of H-pyrrole nitrogens is 1. The van der Waals surface area contributed by atoms with Crippen LogP contribution in [0.15, 0.2) is 72.1 Å². The van der Waals surface area contributed by atoms with E-state index in [-0.39, 0.29) is 5.91 Å². The molecule has 6 nitrogen and oxygen atoms in total. The fraction of sp³-hybridized carbons (Fsp3) is 0.0500. The average Bonchev–Trinajstić information content (AvgIpc) is 3.39. The number of nitrogens with one attached hydrogen (secondary N) is 3. The summed E-state index contributed by atoms with van der Waals surface area (Å²) in [5, 5.41) is 15.1. The minimum Gasteiger partial charge on any atom is -0.366 e. The molecule has 3 heterocycles. The SMILES string of the molecule is O=C(Nc1cc(-c2cccs2)[nH]n1)c1cccc(NCc2ccccc2)n1. The summed E-state index contributed by atoms with van der Waals surface area (Å²) < 4.78 is 0. The summed E-state index contributed by atoms with van der Waals surface area (Å²) in [4.78, 5) is 17.9. The van der Waals surface area contributed by atoms with Gasteiger partial charge in [-0.1, -0.05) is 42.5 Å². The van der Waals surface area contributed by atoms with E-state index in [1.165, 1.54) is 0 Å². The Morgan fingerprint density at radius 2 is 1.89 bits per heavy atom. The van der Waals surface area contributed by atoms with Crippen LogP contribution >= 0.6 is 11.3 Å². The lowest BCUT2D eigenvalue weighted by molar-refractivity contribution is 0.102. The van der Waals surface area contributed by atoms with Crippen LogP contribution in [0.4, 0.5) is 11.6 Å². The first kappa shape index (κ1) is 17.0. The van der Waals surface area contributed by atoms with Gasteiger partial charge in [0.15, 0.2) is 5.82 Å². The first-order chi connectivity index (χ1) is 13.3. The molecule has 7 heteroatoms. The Kier molecular flexibility index (Phi) is 4.93. The predicted octanol–water partition coefficient (Wildman–Crippen LogP) is 4.40. The maximum Gasteiger partial charge on any atom is 0.275 e. The Morgan fingerprint density at radius 3 is 2.70 bits per heavy atom. The summed E-state index contributed by atoms with van der Waals surface area (Å²) in [7, 11) is 0. The van der Waals surface area contributed by atoms with Gasteiger partial charge in [0.2, 0.25) is 0 Å². The molecule has 0 saturated carbocycles. The molecule has 0 aliphatic carbocycles. The number of nitrogens with zero attached hydrogens (tertiary/aromatic N) is 2. The first-order valence-corrected chi connectivity index (χ1v) is 9.31. The van der Waals surface area contributed by atoms with Gasteiger partial charge in [-0.05, 0) is 29.1 Å². The van der Waals surface area contributed by atoms with Gasteiger partial charge in [0.1, 0.15) is 11.5 Å². The zero-order valence-corrected chi connectivity index (χ0v) is 15.2. The van der Waals surface area contributed by atoms with Crippen LogP contribution in [0.3, 0.4) is 0 Å². The van der Waals surface area contributed by atoms with Crippen molar-refractivity contribution in [3.8, 4) is 10.6 Å². The number of thiophene rings is 1. The fourth-order valence-electron chi connectivity index (χ4n) is 2.57. The highest BCUT2D eigenvalue weighted by Gasteiger charge is 2.11. The minimum absolute atomic E-state index is 0.303. The van der Waals surface area contributed by atoms with E-state index in [0.29, 0.717) is 23.9 Å². The van der Waals surface area contributed by atoms with Crippen molar-refractivity contribution in [2.24, 2.45) is 0 Å². The third-order valence-electron chi connectivity index (χ3n) is 3.90. The van der Waals surface area contributed by atoms with Crippen molar-refractivity contribution in [3.63, 3.8) is 0 Å². The van der Waals surface area contributed by atoms with Gasteiger partial charge >= 0.3 is 0 Å². The van der Waals surface area contributed by atoms with Crippen molar-refractivity contribution in [1.29, 1.82) is 0 Å². The van der Waals surface area contributed by atoms with E-state index in [4.69, 9.17) is 0 Å². The standard InChI is InChI=1S/C20H17N5OS/c26-20(23-19-12-16(24-25-19)17-9-5-11-27-17)15-8-4-10-18(22-15)21-13-14-6-2-1-3-7-14/h1-12H,13H2,(H,21,22)(H2,23,24,25,26). The topological polar surface area (TPSA) is 82.7 Å². The molecular weight excluding hydrogens is 358 g/mol. The summed E-state index contributed by atoms with van der Waals surface area (Å²) in [5.41, 5.74) is 2.34. The molecule has 0 saturated heterocycles. The van der Waals surface area contributed by atoms with E-state index in [1.54, 1.807) is 29.5 Å². The summed E-state index contributed by atoms with van der Waals surface area (Å²) in [5.74, 6) is 0.809. The lowest BCUT2D eigenvalue weighted by atomic mass is 10.2. The number of rotatable bonds is 6. The number of aromatic nitrogens is 3. The Balaban J connectivity index is 1.41. The number of aromatic amines is 1. The maximum atomic E-state index is 12.5. The zero-order chi connectivity index (χ0) is 18.5. The summed E-state index contributed by atoms with van der Waals surface area (Å²) >= 11 is 1.61. The highest BCUT2D eigenvalue weighted by molar-refractivity contribution is 7.13. The average molecular weight is 375 g/mol. The summed E-state index contributed by atoms with van der Waals surface area (Å²) in [6.45, 7) is 0.641. The quantitative estimate of drug-likeness (QED) is 0.466. The van der Waals surface area contributed by atoms with Crippen LogP contribution in [0.5, 0.6) is 0 Å². The van der Waals surface area contributed by atoms with Crippen LogP contribution < -0.4 is 10.6 Å². The highest BCUT2D eigenvalue weighted by Crippen LogP contribution is 2.24. The van der Waals surface area contributed by atoms with Crippen LogP contribution in [0, 0.1) is 0 Å². The second-order valence-corrected chi connectivity index (χ2v) is 6.79. The van der Waals surface area contributed by atoms with Gasteiger partial charge in [-0.25, -0.2) is 4.98 Å². The normalized spacial score (nSPS) is 10.5. The highest BCUT2D eigenvalue weighted by atomic mass is 32.1. The lowest BCUT2D eigenvalue weighted by Crippen LogP contribution is -2.14. The van der Waals surface area contributed by atoms with Gasteiger partial charge in [0, 0.05) is 12.6 Å². The van der Waals surface area contributed by atoms with Gasteiger partial charge in [-0.3, -0.25) is 9.89 Å². The number of carbonyl (C=O) groups is 1. The second kappa shape index (κ2) is 7.84. The number of pyridine rings is 1. The predicted molar refractivity (Wildman–Crippen MR) is 108 cm³/mol. The van der Waals surface area contributed by atoms with Crippen LogP contribution in [-0.2, 0) is 6.54 Å². The molecular formula is C20H17N5OS. The van der Waals surface area contributed by atoms with E-state index in [2.05, 4.69) is 25.8 Å². The van der Waals surface area contributed by atoms with Gasteiger partial charge in [0.25, 0.3) is 5.91 Å². The third kappa shape index (κ3) is 4.21. The lowest BCUT2D eigenvalue weighted by Gasteiger charge is -2.07. The molecule has 0 unspecified atom stereocenters. The third-order valence-corrected chi connectivity index (χ3v) is 4.81. The molecule has 0 aliphatic heterocycles. The Hall–Kier alpha value is -3.45. The van der Waals surface area contributed by atoms with Crippen LogP contribution in [0.1, 0.15) is 16.1 Å². The molecule has 0 radical (unpaired) electrons. The number of carbonyl (C=O) groups excluding carboxylic acids is 1. The molecule has 4 rings (SSSR count). The first-order valence-electron chi connectivity index (χ1n) is 8.43. The number of amides is 1. The van der Waals surface area contributed by atoms with E-state index < -0.39 is 0 Å². The van der Waals surface area contributed by atoms with Crippen molar-refractivity contribution < 1.29 is 4.79 Å². The number of hydrogen-bond acceptors (Lipinski definition) is 5. The zero-order valence-electron chi connectivity index (χ0n) is 14.3.